The molecule has 3 aliphatic rings. The first-order valence-corrected chi connectivity index (χ1v) is 11.2. The summed E-state index contributed by atoms with van der Waals surface area (Å²) in [4.78, 5) is 18.5. The molecule has 1 unspecified atom stereocenters. The number of phenols is 1. The molecule has 10 heteroatoms. The highest BCUT2D eigenvalue weighted by Gasteiger charge is 2.33. The standard InChI is InChI=1S/C23H30N6O4/c1-12(2)18-20-19(27-26-18)21(24-14-7-8-17(31)16(10-14)22(32)33)25-23(29(20)13(3)4)28-9-5-6-15(28)11-30/h7-8,10,12-13,15,24,30-31H,5-6,9,11H2,1-4H3,(H,32,33). The summed E-state index contributed by atoms with van der Waals surface area (Å²) in [7, 11) is 0. The first-order chi connectivity index (χ1) is 15.7. The van der Waals surface area contributed by atoms with Crippen LogP contribution >= 0.6 is 0 Å². The maximum Gasteiger partial charge on any atom is 0.339 e. The van der Waals surface area contributed by atoms with Crippen molar-refractivity contribution in [3.8, 4) is 17.1 Å². The lowest BCUT2D eigenvalue weighted by Crippen LogP contribution is -2.36. The highest BCUT2D eigenvalue weighted by atomic mass is 16.4. The monoisotopic (exact) mass is 454 g/mol. The lowest BCUT2D eigenvalue weighted by atomic mass is 10.1. The Labute approximate surface area is 192 Å². The van der Waals surface area contributed by atoms with Gasteiger partial charge in [-0.2, -0.15) is 10.1 Å². The van der Waals surface area contributed by atoms with Crippen molar-refractivity contribution in [1.82, 2.24) is 19.7 Å². The number of aromatic nitrogens is 4. The molecule has 4 rings (SSSR count). The Bertz CT molecular complexity index is 1140. The summed E-state index contributed by atoms with van der Waals surface area (Å²) in [6.45, 7) is 9.10. The van der Waals surface area contributed by atoms with Crippen molar-refractivity contribution < 1.29 is 20.1 Å². The lowest BCUT2D eigenvalue weighted by molar-refractivity contribution is 0.0693. The molecule has 10 nitrogen and oxygen atoms in total. The average molecular weight is 455 g/mol. The van der Waals surface area contributed by atoms with Crippen LogP contribution in [-0.2, 0) is 0 Å². The van der Waals surface area contributed by atoms with E-state index < -0.39 is 5.97 Å². The van der Waals surface area contributed by atoms with E-state index in [0.717, 1.165) is 30.8 Å². The van der Waals surface area contributed by atoms with Gasteiger partial charge in [0.05, 0.1) is 24.0 Å². The summed E-state index contributed by atoms with van der Waals surface area (Å²) in [5, 5.41) is 41.3. The predicted octanol–water partition coefficient (Wildman–Crippen LogP) is 3.59. The minimum absolute atomic E-state index is 0.0292. The zero-order valence-corrected chi connectivity index (χ0v) is 19.3. The van der Waals surface area contributed by atoms with Crippen LogP contribution in [0.1, 0.15) is 68.5 Å². The molecule has 0 bridgehead atoms. The Hall–Kier alpha value is -3.40. The van der Waals surface area contributed by atoms with Crippen molar-refractivity contribution in [2.24, 2.45) is 0 Å². The molecule has 1 atom stereocenters. The smallest absolute Gasteiger partial charge is 0.339 e. The number of carboxylic acids is 1. The zero-order chi connectivity index (χ0) is 23.9. The molecule has 0 spiro atoms. The number of aromatic carboxylic acids is 1. The van der Waals surface area contributed by atoms with Crippen LogP contribution in [0.25, 0.3) is 11.4 Å². The van der Waals surface area contributed by atoms with Gasteiger partial charge in [0.2, 0.25) is 5.95 Å². The van der Waals surface area contributed by atoms with Gasteiger partial charge in [0.15, 0.2) is 11.5 Å². The van der Waals surface area contributed by atoms with Crippen molar-refractivity contribution in [1.29, 1.82) is 0 Å². The molecule has 0 amide bonds. The molecule has 0 radical (unpaired) electrons. The molecular formula is C23H30N6O4. The van der Waals surface area contributed by atoms with Gasteiger partial charge in [-0.3, -0.25) is 0 Å². The Kier molecular flexibility index (Phi) is 6.11. The Morgan fingerprint density at radius 2 is 2.00 bits per heavy atom. The van der Waals surface area contributed by atoms with E-state index in [9.17, 15) is 20.1 Å². The van der Waals surface area contributed by atoms with E-state index in [1.54, 1.807) is 6.07 Å². The second kappa shape index (κ2) is 8.86. The number of nitrogens with zero attached hydrogens (tertiary/aromatic N) is 5. The van der Waals surface area contributed by atoms with Crippen LogP contribution in [0.3, 0.4) is 0 Å². The summed E-state index contributed by atoms with van der Waals surface area (Å²) in [5.41, 5.74) is 2.55. The molecule has 1 aromatic carbocycles. The fourth-order valence-corrected chi connectivity index (χ4v) is 4.40. The van der Waals surface area contributed by atoms with E-state index in [1.807, 2.05) is 0 Å². The van der Waals surface area contributed by atoms with E-state index in [-0.39, 0.29) is 35.9 Å². The number of anilines is 3. The molecule has 3 heterocycles. The van der Waals surface area contributed by atoms with Gasteiger partial charge in [-0.15, -0.1) is 5.10 Å². The van der Waals surface area contributed by atoms with Crippen LogP contribution in [0.4, 0.5) is 17.5 Å². The Balaban J connectivity index is 1.92. The number of nitrogens with one attached hydrogen (secondary N) is 1. The number of carbonyl (C=O) groups is 1. The molecule has 1 saturated heterocycles. The molecule has 0 aromatic heterocycles. The van der Waals surface area contributed by atoms with Gasteiger partial charge >= 0.3 is 5.97 Å². The van der Waals surface area contributed by atoms with E-state index in [1.165, 1.54) is 12.1 Å². The largest absolute Gasteiger partial charge is 0.507 e. The second-order valence-electron chi connectivity index (χ2n) is 9.00. The number of aliphatic hydroxyl groups excluding tert-OH is 1. The summed E-state index contributed by atoms with van der Waals surface area (Å²) < 4.78 is 2.13. The number of rotatable bonds is 7. The van der Waals surface area contributed by atoms with Gasteiger partial charge in [0, 0.05) is 18.3 Å². The number of hydrogen-bond donors (Lipinski definition) is 4. The fourth-order valence-electron chi connectivity index (χ4n) is 4.40. The number of carboxylic acid groups (broad SMARTS) is 1. The van der Waals surface area contributed by atoms with Crippen molar-refractivity contribution in [3.05, 3.63) is 29.5 Å². The van der Waals surface area contributed by atoms with Crippen LogP contribution in [-0.4, -0.2) is 60.2 Å². The molecule has 3 aliphatic heterocycles. The van der Waals surface area contributed by atoms with Crippen LogP contribution in [0.5, 0.6) is 5.75 Å². The molecular weight excluding hydrogens is 424 g/mol. The molecule has 4 N–H and O–H groups in total. The fraction of sp³-hybridized carbons (Fsp3) is 0.478. The maximum atomic E-state index is 11.5. The number of aliphatic hydroxyl groups is 1. The van der Waals surface area contributed by atoms with Crippen LogP contribution in [0.2, 0.25) is 0 Å². The second-order valence-corrected chi connectivity index (χ2v) is 9.00. The van der Waals surface area contributed by atoms with E-state index >= 15 is 0 Å². The van der Waals surface area contributed by atoms with Crippen LogP contribution < -0.4 is 10.2 Å². The van der Waals surface area contributed by atoms with Crippen LogP contribution in [0, 0.1) is 0 Å². The highest BCUT2D eigenvalue weighted by molar-refractivity contribution is 5.92. The first-order valence-electron chi connectivity index (χ1n) is 11.2. The maximum absolute atomic E-state index is 11.5. The van der Waals surface area contributed by atoms with Gasteiger partial charge in [0.25, 0.3) is 0 Å². The zero-order valence-electron chi connectivity index (χ0n) is 19.3. The molecule has 176 valence electrons. The molecule has 0 saturated carbocycles. The number of hydrogen-bond acceptors (Lipinski definition) is 8. The van der Waals surface area contributed by atoms with Crippen LogP contribution in [0.15, 0.2) is 18.2 Å². The third-order valence-electron chi connectivity index (χ3n) is 6.01. The SMILES string of the molecule is CC(C)c1nnc2c(Nc3ccc(O)c(C(=O)O)c3)nc(N3CCCC3CO)n(C(C)C)c1-2. The minimum atomic E-state index is -1.22. The summed E-state index contributed by atoms with van der Waals surface area (Å²) in [6.07, 6.45) is 1.84. The van der Waals surface area contributed by atoms with E-state index in [4.69, 9.17) is 4.98 Å². The molecule has 1 aromatic rings. The van der Waals surface area contributed by atoms with Crippen molar-refractivity contribution in [3.63, 3.8) is 0 Å². The van der Waals surface area contributed by atoms with E-state index in [2.05, 4.69) is 52.7 Å². The quantitative estimate of drug-likeness (QED) is 0.395. The predicted molar refractivity (Wildman–Crippen MR) is 125 cm³/mol. The van der Waals surface area contributed by atoms with Gasteiger partial charge in [-0.1, -0.05) is 13.8 Å². The number of fused-ring (bicyclic) bond motifs is 1. The first kappa shape index (κ1) is 22.8. The Morgan fingerprint density at radius 1 is 1.24 bits per heavy atom. The summed E-state index contributed by atoms with van der Waals surface area (Å²) in [6, 6.07) is 4.32. The average Bonchev–Trinajstić information content (AvgIpc) is 3.41. The van der Waals surface area contributed by atoms with Crippen molar-refractivity contribution in [2.75, 3.05) is 23.4 Å². The molecule has 1 fully saturated rings. The number of benzene rings is 1. The van der Waals surface area contributed by atoms with Gasteiger partial charge < -0.3 is 30.1 Å². The van der Waals surface area contributed by atoms with Crippen molar-refractivity contribution >= 4 is 23.4 Å². The third kappa shape index (κ3) is 4.06. The third-order valence-corrected chi connectivity index (χ3v) is 6.01. The number of aromatic hydroxyl groups is 1. The minimum Gasteiger partial charge on any atom is -0.507 e. The van der Waals surface area contributed by atoms with Gasteiger partial charge in [0.1, 0.15) is 11.3 Å². The highest BCUT2D eigenvalue weighted by Crippen LogP contribution is 2.40. The summed E-state index contributed by atoms with van der Waals surface area (Å²) in [5.74, 6) is -0.246. The lowest BCUT2D eigenvalue weighted by Gasteiger charge is -2.31. The van der Waals surface area contributed by atoms with Gasteiger partial charge in [-0.25, -0.2) is 4.79 Å². The van der Waals surface area contributed by atoms with Gasteiger partial charge in [-0.05, 0) is 50.8 Å². The topological polar surface area (TPSA) is 137 Å². The normalized spacial score (nSPS) is 16.3. The Morgan fingerprint density at radius 3 is 2.64 bits per heavy atom. The van der Waals surface area contributed by atoms with E-state index in [0.29, 0.717) is 23.1 Å². The summed E-state index contributed by atoms with van der Waals surface area (Å²) >= 11 is 0. The molecule has 33 heavy (non-hydrogen) atoms. The molecule has 0 aliphatic carbocycles. The van der Waals surface area contributed by atoms with Crippen molar-refractivity contribution in [2.45, 2.75) is 58.5 Å².